The van der Waals surface area contributed by atoms with Gasteiger partial charge in [-0.05, 0) is 19.3 Å². The average Bonchev–Trinajstić information content (AvgIpc) is 2.15. The van der Waals surface area contributed by atoms with Crippen LogP contribution in [-0.2, 0) is 0 Å². The van der Waals surface area contributed by atoms with Crippen LogP contribution in [0.2, 0.25) is 0 Å². The maximum absolute atomic E-state index is 6.07. The number of hydrogen-bond acceptors (Lipinski definition) is 2. The third kappa shape index (κ3) is 1.26. The van der Waals surface area contributed by atoms with Crippen LogP contribution in [0.25, 0.3) is 0 Å². The summed E-state index contributed by atoms with van der Waals surface area (Å²) >= 11 is 12.0. The van der Waals surface area contributed by atoms with E-state index in [1.165, 1.54) is 0 Å². The Morgan fingerprint density at radius 3 is 2.30 bits per heavy atom. The summed E-state index contributed by atoms with van der Waals surface area (Å²) < 4.78 is 0. The maximum atomic E-state index is 6.07. The Morgan fingerprint density at radius 1 is 1.50 bits per heavy atom. The highest BCUT2D eigenvalue weighted by molar-refractivity contribution is 6.33. The van der Waals surface area contributed by atoms with Gasteiger partial charge in [0, 0.05) is 0 Å². The molecule has 0 spiro atoms. The van der Waals surface area contributed by atoms with Gasteiger partial charge < -0.3 is 11.5 Å². The van der Waals surface area contributed by atoms with Crippen LogP contribution >= 0.6 is 23.2 Å². The number of hydrogen-bond donors (Lipinski definition) is 2. The molecule has 0 aromatic rings. The Labute approximate surface area is 70.8 Å². The molecule has 1 fully saturated rings. The van der Waals surface area contributed by atoms with E-state index in [0.29, 0.717) is 0 Å². The van der Waals surface area contributed by atoms with Crippen molar-refractivity contribution >= 4 is 23.2 Å². The third-order valence-corrected chi connectivity index (χ3v) is 3.52. The fraction of sp³-hybridized carbons (Fsp3) is 1.00. The molecule has 2 unspecified atom stereocenters. The lowest BCUT2D eigenvalue weighted by atomic mass is 10.0. The first-order valence-electron chi connectivity index (χ1n) is 3.41. The minimum atomic E-state index is -0.554. The molecule has 0 saturated heterocycles. The van der Waals surface area contributed by atoms with Crippen molar-refractivity contribution in [3.05, 3.63) is 0 Å². The first-order chi connectivity index (χ1) is 4.57. The summed E-state index contributed by atoms with van der Waals surface area (Å²) in [6.45, 7) is 0. The molecule has 0 heterocycles. The van der Waals surface area contributed by atoms with Gasteiger partial charge in [0.05, 0.1) is 16.4 Å². The highest BCUT2D eigenvalue weighted by atomic mass is 35.5. The number of rotatable bonds is 1. The molecule has 0 amide bonds. The lowest BCUT2D eigenvalue weighted by Crippen LogP contribution is -2.52. The highest BCUT2D eigenvalue weighted by Crippen LogP contribution is 2.40. The first kappa shape index (κ1) is 8.60. The lowest BCUT2D eigenvalue weighted by molar-refractivity contribution is 0.485. The van der Waals surface area contributed by atoms with Crippen LogP contribution in [0.3, 0.4) is 0 Å². The van der Waals surface area contributed by atoms with Crippen molar-refractivity contribution in [1.29, 1.82) is 0 Å². The van der Waals surface area contributed by atoms with Gasteiger partial charge in [0.15, 0.2) is 0 Å². The van der Waals surface area contributed by atoms with E-state index in [0.717, 1.165) is 19.3 Å². The molecule has 0 aromatic heterocycles. The monoisotopic (exact) mass is 182 g/mol. The van der Waals surface area contributed by atoms with Crippen molar-refractivity contribution in [1.82, 2.24) is 0 Å². The SMILES string of the molecule is NC(N)C1(Cl)CCCC1Cl. The quantitative estimate of drug-likeness (QED) is 0.470. The van der Waals surface area contributed by atoms with E-state index >= 15 is 0 Å². The Bertz CT molecular complexity index is 129. The van der Waals surface area contributed by atoms with E-state index in [4.69, 9.17) is 34.7 Å². The van der Waals surface area contributed by atoms with E-state index < -0.39 is 11.0 Å². The van der Waals surface area contributed by atoms with Crippen molar-refractivity contribution < 1.29 is 0 Å². The molecular formula is C6H12Cl2N2. The molecule has 10 heavy (non-hydrogen) atoms. The van der Waals surface area contributed by atoms with Crippen LogP contribution in [-0.4, -0.2) is 16.4 Å². The smallest absolute Gasteiger partial charge is 0.0888 e. The van der Waals surface area contributed by atoms with Crippen LogP contribution in [0, 0.1) is 0 Å². The van der Waals surface area contributed by atoms with Crippen molar-refractivity contribution in [3.8, 4) is 0 Å². The summed E-state index contributed by atoms with van der Waals surface area (Å²) in [5.41, 5.74) is 11.0. The molecule has 1 saturated carbocycles. The number of nitrogens with two attached hydrogens (primary N) is 2. The molecule has 1 aliphatic rings. The molecular weight excluding hydrogens is 171 g/mol. The van der Waals surface area contributed by atoms with E-state index in [1.54, 1.807) is 0 Å². The summed E-state index contributed by atoms with van der Waals surface area (Å²) in [5.74, 6) is 0. The van der Waals surface area contributed by atoms with Crippen molar-refractivity contribution in [2.24, 2.45) is 11.5 Å². The van der Waals surface area contributed by atoms with Gasteiger partial charge in [0.2, 0.25) is 0 Å². The van der Waals surface area contributed by atoms with Gasteiger partial charge in [-0.3, -0.25) is 0 Å². The predicted octanol–water partition coefficient (Wildman–Crippen LogP) is 0.999. The number of halogens is 2. The summed E-state index contributed by atoms with van der Waals surface area (Å²) in [7, 11) is 0. The second-order valence-electron chi connectivity index (χ2n) is 2.81. The fourth-order valence-electron chi connectivity index (χ4n) is 1.32. The van der Waals surface area contributed by atoms with Gasteiger partial charge in [-0.1, -0.05) is 0 Å². The standard InChI is InChI=1S/C6H12Cl2N2/c7-4-2-1-3-6(4,8)5(9)10/h4-5H,1-3,9-10H2. The highest BCUT2D eigenvalue weighted by Gasteiger charge is 2.43. The van der Waals surface area contributed by atoms with Crippen LogP contribution in [0.4, 0.5) is 0 Å². The predicted molar refractivity (Wildman–Crippen MR) is 44.2 cm³/mol. The van der Waals surface area contributed by atoms with Crippen LogP contribution < -0.4 is 11.5 Å². The summed E-state index contributed by atoms with van der Waals surface area (Å²) in [6.07, 6.45) is 2.29. The van der Waals surface area contributed by atoms with Crippen molar-refractivity contribution in [2.45, 2.75) is 35.7 Å². The Kier molecular flexibility index (Phi) is 2.46. The molecule has 1 aliphatic carbocycles. The van der Waals surface area contributed by atoms with E-state index in [9.17, 15) is 0 Å². The molecule has 0 aromatic carbocycles. The molecule has 0 bridgehead atoms. The second-order valence-corrected chi connectivity index (χ2v) is 4.04. The van der Waals surface area contributed by atoms with Gasteiger partial charge in [-0.25, -0.2) is 0 Å². The first-order valence-corrected chi connectivity index (χ1v) is 4.23. The van der Waals surface area contributed by atoms with E-state index in [1.807, 2.05) is 0 Å². The zero-order chi connectivity index (χ0) is 7.78. The third-order valence-electron chi connectivity index (χ3n) is 2.09. The lowest BCUT2D eigenvalue weighted by Gasteiger charge is -2.28. The van der Waals surface area contributed by atoms with Gasteiger partial charge in [-0.15, -0.1) is 23.2 Å². The normalized spacial score (nSPS) is 41.1. The minimum absolute atomic E-state index is 0.0610. The van der Waals surface area contributed by atoms with Crippen LogP contribution in [0.5, 0.6) is 0 Å². The minimum Gasteiger partial charge on any atom is -0.315 e. The summed E-state index contributed by atoms with van der Waals surface area (Å²) in [4.78, 5) is -0.554. The summed E-state index contributed by atoms with van der Waals surface area (Å²) in [5, 5.41) is -0.0610. The molecule has 60 valence electrons. The molecule has 2 nitrogen and oxygen atoms in total. The van der Waals surface area contributed by atoms with E-state index in [-0.39, 0.29) is 5.38 Å². The Morgan fingerprint density at radius 2 is 2.10 bits per heavy atom. The van der Waals surface area contributed by atoms with Crippen LogP contribution in [0.15, 0.2) is 0 Å². The number of alkyl halides is 2. The fourth-order valence-corrected chi connectivity index (χ4v) is 1.98. The zero-order valence-corrected chi connectivity index (χ0v) is 7.20. The second kappa shape index (κ2) is 2.86. The van der Waals surface area contributed by atoms with Gasteiger partial charge >= 0.3 is 0 Å². The van der Waals surface area contributed by atoms with Crippen molar-refractivity contribution in [2.75, 3.05) is 0 Å². The molecule has 0 radical (unpaired) electrons. The molecule has 0 aliphatic heterocycles. The van der Waals surface area contributed by atoms with Crippen LogP contribution in [0.1, 0.15) is 19.3 Å². The topological polar surface area (TPSA) is 52.0 Å². The van der Waals surface area contributed by atoms with Gasteiger partial charge in [-0.2, -0.15) is 0 Å². The molecule has 4 heteroatoms. The van der Waals surface area contributed by atoms with Gasteiger partial charge in [0.25, 0.3) is 0 Å². The molecule has 4 N–H and O–H groups in total. The molecule has 1 rings (SSSR count). The van der Waals surface area contributed by atoms with Crippen molar-refractivity contribution in [3.63, 3.8) is 0 Å². The molecule has 2 atom stereocenters. The van der Waals surface area contributed by atoms with Gasteiger partial charge in [0.1, 0.15) is 0 Å². The largest absolute Gasteiger partial charge is 0.315 e. The Hall–Kier alpha value is 0.500. The Balaban J connectivity index is 2.66. The summed E-state index contributed by atoms with van der Waals surface area (Å²) in [6, 6.07) is 0. The average molecular weight is 183 g/mol. The van der Waals surface area contributed by atoms with E-state index in [2.05, 4.69) is 0 Å². The zero-order valence-electron chi connectivity index (χ0n) is 5.69. The maximum Gasteiger partial charge on any atom is 0.0888 e.